The fourth-order valence-electron chi connectivity index (χ4n) is 1.18. The maximum Gasteiger partial charge on any atom is 0.0372 e. The van der Waals surface area contributed by atoms with Crippen LogP contribution in [0.25, 0.3) is 0 Å². The molecule has 1 nitrogen and oxygen atoms in total. The van der Waals surface area contributed by atoms with E-state index in [0.717, 1.165) is 12.8 Å². The molecule has 0 spiro atoms. The molecule has 0 unspecified atom stereocenters. The third-order valence-corrected chi connectivity index (χ3v) is 2.30. The minimum Gasteiger partial charge on any atom is -0.322 e. The molecule has 0 radical (unpaired) electrons. The molecule has 0 aromatic rings. The van der Waals surface area contributed by atoms with Gasteiger partial charge >= 0.3 is 0 Å². The second-order valence-electron chi connectivity index (χ2n) is 4.38. The van der Waals surface area contributed by atoms with Gasteiger partial charge in [-0.2, -0.15) is 0 Å². The highest BCUT2D eigenvalue weighted by Crippen LogP contribution is 2.45. The van der Waals surface area contributed by atoms with E-state index in [0.29, 0.717) is 0 Å². The van der Waals surface area contributed by atoms with E-state index in [2.05, 4.69) is 27.4 Å². The average Bonchev–Trinajstić information content (AvgIpc) is 2.45. The summed E-state index contributed by atoms with van der Waals surface area (Å²) in [5.41, 5.74) is 7.37. The monoisotopic (exact) mass is 139 g/mol. The third-order valence-electron chi connectivity index (χ3n) is 2.30. The van der Waals surface area contributed by atoms with Crippen LogP contribution in [-0.4, -0.2) is 5.54 Å². The van der Waals surface area contributed by atoms with Gasteiger partial charge in [0, 0.05) is 5.54 Å². The van der Waals surface area contributed by atoms with Crippen LogP contribution in [0.4, 0.5) is 0 Å². The molecule has 58 valence electrons. The fraction of sp³-hybridized carbons (Fsp3) is 0.778. The zero-order valence-electron chi connectivity index (χ0n) is 7.20. The van der Waals surface area contributed by atoms with Gasteiger partial charge in [0.1, 0.15) is 0 Å². The summed E-state index contributed by atoms with van der Waals surface area (Å²) in [5, 5.41) is 0. The van der Waals surface area contributed by atoms with Crippen LogP contribution >= 0.6 is 0 Å². The number of hydrogen-bond acceptors (Lipinski definition) is 1. The quantitative estimate of drug-likeness (QED) is 0.553. The van der Waals surface area contributed by atoms with E-state index in [1.165, 1.54) is 5.57 Å². The van der Waals surface area contributed by atoms with Crippen molar-refractivity contribution >= 4 is 0 Å². The van der Waals surface area contributed by atoms with Crippen LogP contribution < -0.4 is 5.73 Å². The SMILES string of the molecule is C=C(C(C)(C)C)C1(N)CC1. The Balaban J connectivity index is 2.67. The highest BCUT2D eigenvalue weighted by Gasteiger charge is 2.44. The van der Waals surface area contributed by atoms with Crippen molar-refractivity contribution in [2.45, 2.75) is 39.2 Å². The smallest absolute Gasteiger partial charge is 0.0372 e. The Bertz CT molecular complexity index is 151. The Hall–Kier alpha value is -0.300. The molecule has 1 aliphatic rings. The van der Waals surface area contributed by atoms with Gasteiger partial charge in [-0.25, -0.2) is 0 Å². The van der Waals surface area contributed by atoms with Crippen LogP contribution in [0.15, 0.2) is 12.2 Å². The second kappa shape index (κ2) is 1.85. The molecular weight excluding hydrogens is 122 g/mol. The topological polar surface area (TPSA) is 26.0 Å². The van der Waals surface area contributed by atoms with Crippen molar-refractivity contribution in [1.82, 2.24) is 0 Å². The minimum absolute atomic E-state index is 0.00174. The van der Waals surface area contributed by atoms with Crippen molar-refractivity contribution in [1.29, 1.82) is 0 Å². The summed E-state index contributed by atoms with van der Waals surface area (Å²) < 4.78 is 0. The number of nitrogens with two attached hydrogens (primary N) is 1. The number of hydrogen-bond donors (Lipinski definition) is 1. The Labute approximate surface area is 63.3 Å². The van der Waals surface area contributed by atoms with Gasteiger partial charge in [-0.1, -0.05) is 32.9 Å². The average molecular weight is 139 g/mol. The zero-order valence-corrected chi connectivity index (χ0v) is 7.20. The first-order chi connectivity index (χ1) is 4.36. The van der Waals surface area contributed by atoms with E-state index in [1.54, 1.807) is 0 Å². The summed E-state index contributed by atoms with van der Waals surface area (Å²) in [6, 6.07) is 0. The van der Waals surface area contributed by atoms with E-state index in [-0.39, 0.29) is 11.0 Å². The van der Waals surface area contributed by atoms with Gasteiger partial charge in [0.2, 0.25) is 0 Å². The molecule has 1 rings (SSSR count). The molecule has 1 saturated carbocycles. The summed E-state index contributed by atoms with van der Waals surface area (Å²) >= 11 is 0. The van der Waals surface area contributed by atoms with Crippen molar-refractivity contribution in [2.24, 2.45) is 11.1 Å². The first kappa shape index (κ1) is 7.80. The highest BCUT2D eigenvalue weighted by atomic mass is 14.8. The van der Waals surface area contributed by atoms with Crippen LogP contribution in [-0.2, 0) is 0 Å². The molecule has 0 atom stereocenters. The van der Waals surface area contributed by atoms with Gasteiger partial charge < -0.3 is 5.73 Å². The molecule has 1 heteroatoms. The van der Waals surface area contributed by atoms with E-state index in [1.807, 2.05) is 0 Å². The predicted octanol–water partition coefficient (Wildman–Crippen LogP) is 2.08. The Morgan fingerprint density at radius 1 is 1.40 bits per heavy atom. The maximum absolute atomic E-state index is 5.98. The molecule has 0 aromatic heterocycles. The summed E-state index contributed by atoms with van der Waals surface area (Å²) in [6.07, 6.45) is 2.26. The Morgan fingerprint density at radius 3 is 1.90 bits per heavy atom. The van der Waals surface area contributed by atoms with Crippen molar-refractivity contribution in [3.8, 4) is 0 Å². The van der Waals surface area contributed by atoms with Crippen molar-refractivity contribution < 1.29 is 0 Å². The first-order valence-corrected chi connectivity index (χ1v) is 3.85. The van der Waals surface area contributed by atoms with Gasteiger partial charge in [0.15, 0.2) is 0 Å². The van der Waals surface area contributed by atoms with Gasteiger partial charge in [-0.15, -0.1) is 0 Å². The van der Waals surface area contributed by atoms with E-state index in [4.69, 9.17) is 5.73 Å². The van der Waals surface area contributed by atoms with Crippen LogP contribution in [0, 0.1) is 5.41 Å². The fourth-order valence-corrected chi connectivity index (χ4v) is 1.18. The molecule has 2 N–H and O–H groups in total. The lowest BCUT2D eigenvalue weighted by molar-refractivity contribution is 0.457. The van der Waals surface area contributed by atoms with Gasteiger partial charge in [0.05, 0.1) is 0 Å². The van der Waals surface area contributed by atoms with Crippen LogP contribution in [0.3, 0.4) is 0 Å². The lowest BCUT2D eigenvalue weighted by Crippen LogP contribution is -2.31. The minimum atomic E-state index is -0.00174. The molecule has 0 bridgehead atoms. The summed E-state index contributed by atoms with van der Waals surface area (Å²) in [6.45, 7) is 10.5. The van der Waals surface area contributed by atoms with E-state index >= 15 is 0 Å². The van der Waals surface area contributed by atoms with Crippen molar-refractivity contribution in [3.63, 3.8) is 0 Å². The molecule has 0 amide bonds. The normalized spacial score (nSPS) is 22.4. The lowest BCUT2D eigenvalue weighted by Gasteiger charge is -2.26. The van der Waals surface area contributed by atoms with Gasteiger partial charge in [-0.05, 0) is 18.3 Å². The molecule has 0 aliphatic heterocycles. The lowest BCUT2D eigenvalue weighted by atomic mass is 9.82. The standard InChI is InChI=1S/C9H17N/c1-7(8(2,3)4)9(10)5-6-9/h1,5-6,10H2,2-4H3. The molecule has 1 aliphatic carbocycles. The summed E-state index contributed by atoms with van der Waals surface area (Å²) in [5.74, 6) is 0. The van der Waals surface area contributed by atoms with Crippen LogP contribution in [0.5, 0.6) is 0 Å². The second-order valence-corrected chi connectivity index (χ2v) is 4.38. The first-order valence-electron chi connectivity index (χ1n) is 3.85. The molecule has 1 fully saturated rings. The van der Waals surface area contributed by atoms with Crippen LogP contribution in [0.2, 0.25) is 0 Å². The molecule has 0 saturated heterocycles. The van der Waals surface area contributed by atoms with Crippen molar-refractivity contribution in [2.75, 3.05) is 0 Å². The van der Waals surface area contributed by atoms with Gasteiger partial charge in [-0.3, -0.25) is 0 Å². The molecular formula is C9H17N. The van der Waals surface area contributed by atoms with Crippen molar-refractivity contribution in [3.05, 3.63) is 12.2 Å². The van der Waals surface area contributed by atoms with Gasteiger partial charge in [0.25, 0.3) is 0 Å². The van der Waals surface area contributed by atoms with E-state index < -0.39 is 0 Å². The third kappa shape index (κ3) is 1.24. The molecule has 0 aromatic carbocycles. The largest absolute Gasteiger partial charge is 0.322 e. The predicted molar refractivity (Wildman–Crippen MR) is 44.7 cm³/mol. The maximum atomic E-state index is 5.98. The summed E-state index contributed by atoms with van der Waals surface area (Å²) in [7, 11) is 0. The Kier molecular flexibility index (Phi) is 1.44. The molecule has 0 heterocycles. The number of rotatable bonds is 1. The summed E-state index contributed by atoms with van der Waals surface area (Å²) in [4.78, 5) is 0. The zero-order chi connectivity index (χ0) is 7.99. The Morgan fingerprint density at radius 2 is 1.80 bits per heavy atom. The molecule has 10 heavy (non-hydrogen) atoms. The van der Waals surface area contributed by atoms with Crippen LogP contribution in [0.1, 0.15) is 33.6 Å². The van der Waals surface area contributed by atoms with E-state index in [9.17, 15) is 0 Å². The highest BCUT2D eigenvalue weighted by molar-refractivity contribution is 5.28.